The molecule has 0 spiro atoms. The zero-order valence-electron chi connectivity index (χ0n) is 20.1. The standard InChI is InChI=1S/C24H40N4O3S/c1-19-15-20(2)18-26(17-19)13-14-28(10-7-24(29)27-11-8-25-9-12-27)32(30,31)23-6-5-21(3)22(4)16-23/h5-6,16,19-20,25H,7-15,17-18H2,1-4H3/t19-,20+. The number of carbonyl (C=O) groups is 1. The number of rotatable bonds is 8. The topological polar surface area (TPSA) is 73.0 Å². The molecular weight excluding hydrogens is 424 g/mol. The number of sulfonamides is 1. The second-order valence-corrected chi connectivity index (χ2v) is 11.7. The molecule has 2 atom stereocenters. The van der Waals surface area contributed by atoms with Crippen LogP contribution >= 0.6 is 0 Å². The van der Waals surface area contributed by atoms with Crippen LogP contribution in [0.2, 0.25) is 0 Å². The number of hydrogen-bond donors (Lipinski definition) is 1. The minimum atomic E-state index is -3.67. The van der Waals surface area contributed by atoms with E-state index in [0.29, 0.717) is 42.9 Å². The molecule has 2 fully saturated rings. The van der Waals surface area contributed by atoms with Gasteiger partial charge >= 0.3 is 0 Å². The Hall–Kier alpha value is -1.48. The number of benzene rings is 1. The number of nitrogens with one attached hydrogen (secondary N) is 1. The monoisotopic (exact) mass is 464 g/mol. The SMILES string of the molecule is Cc1ccc(S(=O)(=O)N(CCC(=O)N2CCNCC2)CCN2C[C@H](C)C[C@H](C)C2)cc1C. The molecule has 1 amide bonds. The second-order valence-electron chi connectivity index (χ2n) is 9.74. The Morgan fingerprint density at radius 2 is 1.72 bits per heavy atom. The molecule has 0 aliphatic carbocycles. The van der Waals surface area contributed by atoms with Crippen LogP contribution in [-0.2, 0) is 14.8 Å². The highest BCUT2D eigenvalue weighted by Crippen LogP contribution is 2.23. The van der Waals surface area contributed by atoms with E-state index in [4.69, 9.17) is 0 Å². The highest BCUT2D eigenvalue weighted by Gasteiger charge is 2.28. The molecule has 0 radical (unpaired) electrons. The summed E-state index contributed by atoms with van der Waals surface area (Å²) in [6.45, 7) is 14.7. The van der Waals surface area contributed by atoms with Crippen LogP contribution in [0.1, 0.15) is 37.8 Å². The van der Waals surface area contributed by atoms with Gasteiger partial charge in [-0.05, 0) is 55.4 Å². The number of carbonyl (C=O) groups excluding carboxylic acids is 1. The van der Waals surface area contributed by atoms with Crippen molar-refractivity contribution in [2.24, 2.45) is 11.8 Å². The van der Waals surface area contributed by atoms with Crippen LogP contribution in [0.5, 0.6) is 0 Å². The molecule has 0 bridgehead atoms. The molecule has 1 N–H and O–H groups in total. The summed E-state index contributed by atoms with van der Waals surface area (Å²) in [6, 6.07) is 5.30. The van der Waals surface area contributed by atoms with E-state index < -0.39 is 10.0 Å². The van der Waals surface area contributed by atoms with Gasteiger partial charge in [0.2, 0.25) is 15.9 Å². The first-order valence-electron chi connectivity index (χ1n) is 11.9. The van der Waals surface area contributed by atoms with Gasteiger partial charge in [-0.2, -0.15) is 4.31 Å². The van der Waals surface area contributed by atoms with Crippen LogP contribution < -0.4 is 5.32 Å². The fraction of sp³-hybridized carbons (Fsp3) is 0.708. The lowest BCUT2D eigenvalue weighted by atomic mass is 9.92. The first-order valence-corrected chi connectivity index (χ1v) is 13.4. The third-order valence-corrected chi connectivity index (χ3v) is 8.67. The summed E-state index contributed by atoms with van der Waals surface area (Å²) in [5.74, 6) is 1.28. The van der Waals surface area contributed by atoms with Gasteiger partial charge in [0.25, 0.3) is 0 Å². The number of piperazine rings is 1. The lowest BCUT2D eigenvalue weighted by Crippen LogP contribution is -2.48. The summed E-state index contributed by atoms with van der Waals surface area (Å²) < 4.78 is 28.6. The summed E-state index contributed by atoms with van der Waals surface area (Å²) in [4.78, 5) is 17.3. The third kappa shape index (κ3) is 6.53. The molecule has 7 nitrogen and oxygen atoms in total. The van der Waals surface area contributed by atoms with Gasteiger partial charge in [0, 0.05) is 65.3 Å². The van der Waals surface area contributed by atoms with Gasteiger partial charge < -0.3 is 15.1 Å². The summed E-state index contributed by atoms with van der Waals surface area (Å²) in [7, 11) is -3.67. The zero-order valence-corrected chi connectivity index (χ0v) is 21.0. The maximum absolute atomic E-state index is 13.6. The molecule has 2 heterocycles. The first kappa shape index (κ1) is 25.1. The molecule has 2 saturated heterocycles. The molecule has 180 valence electrons. The molecule has 0 saturated carbocycles. The van der Waals surface area contributed by atoms with E-state index in [-0.39, 0.29) is 18.9 Å². The number of piperidine rings is 1. The molecular formula is C24H40N4O3S. The number of hydrogen-bond acceptors (Lipinski definition) is 5. The predicted octanol–water partition coefficient (Wildman–Crippen LogP) is 2.09. The lowest BCUT2D eigenvalue weighted by molar-refractivity contribution is -0.131. The maximum atomic E-state index is 13.6. The Labute approximate surface area is 194 Å². The molecule has 32 heavy (non-hydrogen) atoms. The number of likely N-dealkylation sites (tertiary alicyclic amines) is 1. The van der Waals surface area contributed by atoms with Gasteiger partial charge in [-0.3, -0.25) is 4.79 Å². The van der Waals surface area contributed by atoms with Crippen LogP contribution in [0.25, 0.3) is 0 Å². The van der Waals surface area contributed by atoms with Crippen molar-refractivity contribution in [3.05, 3.63) is 29.3 Å². The van der Waals surface area contributed by atoms with Gasteiger partial charge in [-0.15, -0.1) is 0 Å². The molecule has 1 aromatic rings. The van der Waals surface area contributed by atoms with Crippen molar-refractivity contribution >= 4 is 15.9 Å². The summed E-state index contributed by atoms with van der Waals surface area (Å²) in [6.07, 6.45) is 1.44. The fourth-order valence-corrected chi connectivity index (χ4v) is 6.41. The average Bonchev–Trinajstić information content (AvgIpc) is 2.75. The van der Waals surface area contributed by atoms with Crippen LogP contribution in [0, 0.1) is 25.7 Å². The van der Waals surface area contributed by atoms with Crippen molar-refractivity contribution in [2.45, 2.75) is 45.4 Å². The van der Waals surface area contributed by atoms with Crippen LogP contribution in [-0.4, -0.2) is 87.3 Å². The van der Waals surface area contributed by atoms with Crippen molar-refractivity contribution in [3.63, 3.8) is 0 Å². The average molecular weight is 465 g/mol. The summed E-state index contributed by atoms with van der Waals surface area (Å²) in [5, 5.41) is 3.25. The quantitative estimate of drug-likeness (QED) is 0.638. The molecule has 3 rings (SSSR count). The predicted molar refractivity (Wildman–Crippen MR) is 128 cm³/mol. The number of aryl methyl sites for hydroxylation is 2. The van der Waals surface area contributed by atoms with E-state index in [9.17, 15) is 13.2 Å². The van der Waals surface area contributed by atoms with E-state index in [1.165, 1.54) is 10.7 Å². The second kappa shape index (κ2) is 11.1. The lowest BCUT2D eigenvalue weighted by Gasteiger charge is -2.36. The third-order valence-electron chi connectivity index (χ3n) is 6.77. The van der Waals surface area contributed by atoms with Crippen molar-refractivity contribution in [1.29, 1.82) is 0 Å². The van der Waals surface area contributed by atoms with Crippen LogP contribution in [0.3, 0.4) is 0 Å². The minimum Gasteiger partial charge on any atom is -0.340 e. The Bertz CT molecular complexity index is 873. The molecule has 8 heteroatoms. The van der Waals surface area contributed by atoms with Crippen molar-refractivity contribution in [1.82, 2.24) is 19.4 Å². The van der Waals surface area contributed by atoms with Gasteiger partial charge in [0.15, 0.2) is 0 Å². The molecule has 0 unspecified atom stereocenters. The number of amides is 1. The first-order chi connectivity index (χ1) is 15.2. The smallest absolute Gasteiger partial charge is 0.243 e. The number of nitrogens with zero attached hydrogens (tertiary/aromatic N) is 3. The van der Waals surface area contributed by atoms with Gasteiger partial charge in [0.1, 0.15) is 0 Å². The molecule has 2 aliphatic heterocycles. The van der Waals surface area contributed by atoms with Crippen LogP contribution in [0.15, 0.2) is 23.1 Å². The van der Waals surface area contributed by atoms with Gasteiger partial charge in [-0.1, -0.05) is 19.9 Å². The largest absolute Gasteiger partial charge is 0.340 e. The van der Waals surface area contributed by atoms with Crippen molar-refractivity contribution in [3.8, 4) is 0 Å². The van der Waals surface area contributed by atoms with E-state index in [1.807, 2.05) is 24.8 Å². The van der Waals surface area contributed by atoms with Crippen molar-refractivity contribution in [2.75, 3.05) is 58.9 Å². The maximum Gasteiger partial charge on any atom is 0.243 e. The minimum absolute atomic E-state index is 0.0343. The van der Waals surface area contributed by atoms with Gasteiger partial charge in [-0.25, -0.2) is 8.42 Å². The van der Waals surface area contributed by atoms with Gasteiger partial charge in [0.05, 0.1) is 4.90 Å². The van der Waals surface area contributed by atoms with E-state index >= 15 is 0 Å². The Morgan fingerprint density at radius 3 is 2.34 bits per heavy atom. The molecule has 2 aliphatic rings. The fourth-order valence-electron chi connectivity index (χ4n) is 4.90. The molecule has 1 aromatic carbocycles. The Balaban J connectivity index is 1.73. The summed E-state index contributed by atoms with van der Waals surface area (Å²) in [5.41, 5.74) is 2.03. The zero-order chi connectivity index (χ0) is 23.3. The Morgan fingerprint density at radius 1 is 1.06 bits per heavy atom. The Kier molecular flexibility index (Phi) is 8.72. The van der Waals surface area contributed by atoms with Crippen molar-refractivity contribution < 1.29 is 13.2 Å². The van der Waals surface area contributed by atoms with E-state index in [1.54, 1.807) is 12.1 Å². The normalized spacial score (nSPS) is 23.0. The highest BCUT2D eigenvalue weighted by molar-refractivity contribution is 7.89. The van der Waals surface area contributed by atoms with E-state index in [0.717, 1.165) is 37.3 Å². The molecule has 0 aromatic heterocycles. The summed E-state index contributed by atoms with van der Waals surface area (Å²) >= 11 is 0. The van der Waals surface area contributed by atoms with Crippen LogP contribution in [0.4, 0.5) is 0 Å². The van der Waals surface area contributed by atoms with E-state index in [2.05, 4.69) is 24.1 Å². The highest BCUT2D eigenvalue weighted by atomic mass is 32.2.